The average Bonchev–Trinajstić information content (AvgIpc) is 3.29. The van der Waals surface area contributed by atoms with E-state index in [9.17, 15) is 10.0 Å². The molecule has 4 rings (SSSR count). The number of hydrogen-bond acceptors (Lipinski definition) is 4. The lowest BCUT2D eigenvalue weighted by molar-refractivity contribution is -0.347. The summed E-state index contributed by atoms with van der Waals surface area (Å²) in [6.07, 6.45) is 2.55. The van der Waals surface area contributed by atoms with Crippen molar-refractivity contribution in [3.05, 3.63) is 64.8 Å². The first-order valence-electron chi connectivity index (χ1n) is 8.17. The average molecular weight is 348 g/mol. The maximum absolute atomic E-state index is 11.0. The van der Waals surface area contributed by atoms with Crippen molar-refractivity contribution in [1.82, 2.24) is 9.97 Å². The molecule has 1 atom stereocenters. The van der Waals surface area contributed by atoms with E-state index in [0.717, 1.165) is 33.4 Å². The molecular weight excluding hydrogens is 330 g/mol. The molecule has 0 amide bonds. The van der Waals surface area contributed by atoms with Crippen LogP contribution in [0.15, 0.2) is 54.0 Å². The molecule has 0 aliphatic heterocycles. The number of aliphatic hydroxyl groups excluding tert-OH is 1. The number of aromatic nitrogens is 3. The third-order valence-corrected chi connectivity index (χ3v) is 4.57. The monoisotopic (exact) mass is 348 g/mol. The lowest BCUT2D eigenvalue weighted by atomic mass is 10.0. The molecule has 0 bridgehead atoms. The number of nitrogens with one attached hydrogen (secondary N) is 3. The van der Waals surface area contributed by atoms with Crippen molar-refractivity contribution in [2.75, 3.05) is 0 Å². The summed E-state index contributed by atoms with van der Waals surface area (Å²) in [7, 11) is 0. The number of nitrogens with two attached hydrogens (primary N) is 1. The summed E-state index contributed by atoms with van der Waals surface area (Å²) in [6.45, 7) is 1.82. The number of pyridine rings is 1. The van der Waals surface area contributed by atoms with Crippen molar-refractivity contribution >= 4 is 16.7 Å². The van der Waals surface area contributed by atoms with E-state index in [0.29, 0.717) is 16.9 Å². The fourth-order valence-electron chi connectivity index (χ4n) is 3.20. The van der Waals surface area contributed by atoms with Gasteiger partial charge in [0.1, 0.15) is 11.9 Å². The first kappa shape index (κ1) is 16.2. The van der Waals surface area contributed by atoms with Gasteiger partial charge in [-0.15, -0.1) is 4.91 Å². The fraction of sp³-hybridized carbons (Fsp3) is 0.105. The van der Waals surface area contributed by atoms with Crippen LogP contribution in [0.25, 0.3) is 33.5 Å². The second-order valence-electron chi connectivity index (χ2n) is 6.21. The van der Waals surface area contributed by atoms with Gasteiger partial charge in [-0.25, -0.2) is 9.97 Å². The van der Waals surface area contributed by atoms with Crippen LogP contribution in [0.4, 0.5) is 5.69 Å². The number of fused-ring (bicyclic) bond motifs is 1. The Morgan fingerprint density at radius 2 is 2.08 bits per heavy atom. The highest BCUT2D eigenvalue weighted by Gasteiger charge is 2.18. The second kappa shape index (κ2) is 6.21. The van der Waals surface area contributed by atoms with Gasteiger partial charge in [0.05, 0.1) is 23.5 Å². The predicted octanol–water partition coefficient (Wildman–Crippen LogP) is 3.30. The maximum Gasteiger partial charge on any atom is 0.284 e. The highest BCUT2D eigenvalue weighted by atomic mass is 16.3. The molecule has 0 spiro atoms. The number of aromatic amines is 3. The molecule has 7 heteroatoms. The number of H-pyrrole nitrogens is 3. The largest absolute Gasteiger partial charge is 0.374 e. The molecule has 0 fully saturated rings. The third kappa shape index (κ3) is 2.59. The minimum Gasteiger partial charge on any atom is -0.374 e. The zero-order valence-electron chi connectivity index (χ0n) is 14.1. The SMILES string of the molecule is Cc1ccc(-c2[nH]c(-c3cc[nH+]c4[nH]ccc34)cc2C(N)O)cc1N=O. The van der Waals surface area contributed by atoms with Gasteiger partial charge in [0, 0.05) is 22.4 Å². The van der Waals surface area contributed by atoms with E-state index < -0.39 is 6.23 Å². The van der Waals surface area contributed by atoms with E-state index in [-0.39, 0.29) is 0 Å². The van der Waals surface area contributed by atoms with E-state index in [4.69, 9.17) is 5.73 Å². The molecule has 6 N–H and O–H groups in total. The number of rotatable bonds is 4. The Balaban J connectivity index is 1.91. The van der Waals surface area contributed by atoms with Gasteiger partial charge in [0.2, 0.25) is 0 Å². The topological polar surface area (TPSA) is 121 Å². The molecule has 0 radical (unpaired) electrons. The quantitative estimate of drug-likeness (QED) is 0.334. The van der Waals surface area contributed by atoms with E-state index in [1.165, 1.54) is 0 Å². The summed E-state index contributed by atoms with van der Waals surface area (Å²) in [5.41, 5.74) is 11.6. The molecule has 0 saturated heterocycles. The van der Waals surface area contributed by atoms with Gasteiger partial charge in [0.15, 0.2) is 0 Å². The second-order valence-corrected chi connectivity index (χ2v) is 6.21. The van der Waals surface area contributed by atoms with Crippen molar-refractivity contribution in [2.45, 2.75) is 13.2 Å². The number of nitrogens with zero attached hydrogens (tertiary/aromatic N) is 1. The molecule has 4 aromatic rings. The normalized spacial score (nSPS) is 12.4. The number of benzene rings is 1. The molecule has 0 aliphatic carbocycles. The highest BCUT2D eigenvalue weighted by Crippen LogP contribution is 2.35. The molecule has 1 unspecified atom stereocenters. The van der Waals surface area contributed by atoms with Crippen LogP contribution in [0, 0.1) is 11.8 Å². The molecule has 3 heterocycles. The first-order valence-corrected chi connectivity index (χ1v) is 8.17. The van der Waals surface area contributed by atoms with Gasteiger partial charge in [0.25, 0.3) is 5.65 Å². The van der Waals surface area contributed by atoms with Crippen LogP contribution in [0.1, 0.15) is 17.4 Å². The van der Waals surface area contributed by atoms with Gasteiger partial charge >= 0.3 is 0 Å². The molecule has 0 aliphatic rings. The summed E-state index contributed by atoms with van der Waals surface area (Å²) < 4.78 is 0. The van der Waals surface area contributed by atoms with Crippen molar-refractivity contribution in [3.8, 4) is 22.5 Å². The zero-order chi connectivity index (χ0) is 18.3. The Morgan fingerprint density at radius 3 is 2.85 bits per heavy atom. The van der Waals surface area contributed by atoms with E-state index in [1.54, 1.807) is 6.07 Å². The molecule has 1 aromatic carbocycles. The third-order valence-electron chi connectivity index (χ3n) is 4.57. The standard InChI is InChI=1S/C19H17N5O2/c1-10-2-3-11(8-15(10)24-26)17-14(18(20)25)9-16(23-17)12-4-6-21-19-13(12)5-7-22-19/h2-9,18,23,25H,20H2,1H3,(H,21,22)/p+1. The molecule has 130 valence electrons. The van der Waals surface area contributed by atoms with Gasteiger partial charge in [-0.05, 0) is 41.9 Å². The van der Waals surface area contributed by atoms with E-state index in [1.807, 2.05) is 49.6 Å². The molecule has 3 aromatic heterocycles. The first-order chi connectivity index (χ1) is 12.6. The maximum atomic E-state index is 11.0. The number of aryl methyl sites for hydroxylation is 1. The Labute approximate surface area is 148 Å². The van der Waals surface area contributed by atoms with Crippen molar-refractivity contribution in [1.29, 1.82) is 0 Å². The summed E-state index contributed by atoms with van der Waals surface area (Å²) >= 11 is 0. The lowest BCUT2D eigenvalue weighted by Gasteiger charge is -2.08. The summed E-state index contributed by atoms with van der Waals surface area (Å²) in [6, 6.07) is 11.1. The fourth-order valence-corrected chi connectivity index (χ4v) is 3.20. The Kier molecular flexibility index (Phi) is 3.87. The predicted molar refractivity (Wildman–Crippen MR) is 99.4 cm³/mol. The molecule has 26 heavy (non-hydrogen) atoms. The van der Waals surface area contributed by atoms with Crippen LogP contribution in [0.5, 0.6) is 0 Å². The van der Waals surface area contributed by atoms with Crippen LogP contribution in [-0.2, 0) is 0 Å². The van der Waals surface area contributed by atoms with Crippen molar-refractivity contribution < 1.29 is 10.1 Å². The Morgan fingerprint density at radius 1 is 1.23 bits per heavy atom. The summed E-state index contributed by atoms with van der Waals surface area (Å²) in [4.78, 5) is 20.7. The van der Waals surface area contributed by atoms with Gasteiger partial charge in [-0.1, -0.05) is 12.1 Å². The van der Waals surface area contributed by atoms with Crippen LogP contribution in [0.2, 0.25) is 0 Å². The Hall–Kier alpha value is -3.29. The van der Waals surface area contributed by atoms with Crippen LogP contribution < -0.4 is 10.7 Å². The Bertz CT molecular complexity index is 1110. The van der Waals surface area contributed by atoms with Gasteiger partial charge in [-0.2, -0.15) is 0 Å². The van der Waals surface area contributed by atoms with E-state index in [2.05, 4.69) is 20.1 Å². The van der Waals surface area contributed by atoms with Crippen molar-refractivity contribution in [3.63, 3.8) is 0 Å². The number of aliphatic hydroxyl groups is 1. The number of hydrogen-bond donors (Lipinski definition) is 4. The van der Waals surface area contributed by atoms with Crippen LogP contribution >= 0.6 is 0 Å². The summed E-state index contributed by atoms with van der Waals surface area (Å²) in [5, 5.41) is 14.1. The van der Waals surface area contributed by atoms with Crippen LogP contribution in [-0.4, -0.2) is 15.1 Å². The minimum absolute atomic E-state index is 0.360. The van der Waals surface area contributed by atoms with Crippen molar-refractivity contribution in [2.24, 2.45) is 10.9 Å². The van der Waals surface area contributed by atoms with E-state index >= 15 is 0 Å². The van der Waals surface area contributed by atoms with Gasteiger partial charge < -0.3 is 15.8 Å². The zero-order valence-corrected chi connectivity index (χ0v) is 14.1. The summed E-state index contributed by atoms with van der Waals surface area (Å²) in [5.74, 6) is 0. The van der Waals surface area contributed by atoms with Crippen LogP contribution in [0.3, 0.4) is 0 Å². The molecule has 7 nitrogen and oxygen atoms in total. The lowest BCUT2D eigenvalue weighted by Crippen LogP contribution is -2.08. The molecule has 0 saturated carbocycles. The smallest absolute Gasteiger partial charge is 0.284 e. The molecular formula is C19H18N5O2+. The number of nitroso groups, excluding NO2 is 1. The highest BCUT2D eigenvalue weighted by molar-refractivity contribution is 5.91. The minimum atomic E-state index is -1.15. The van der Waals surface area contributed by atoms with Gasteiger partial charge in [-0.3, -0.25) is 0 Å².